The van der Waals surface area contributed by atoms with Gasteiger partial charge in [-0.3, -0.25) is 0 Å². The van der Waals surface area contributed by atoms with E-state index >= 15 is 0 Å². The average Bonchev–Trinajstić information content (AvgIpc) is 3.34. The number of ether oxygens (including phenoxy) is 1. The van der Waals surface area contributed by atoms with Crippen LogP contribution in [0.5, 0.6) is 5.75 Å². The Balaban J connectivity index is 2.34. The van der Waals surface area contributed by atoms with Gasteiger partial charge in [0.05, 0.1) is 13.0 Å². The number of hydrogen-bond acceptors (Lipinski definition) is 3. The molecule has 35 heavy (non-hydrogen) atoms. The van der Waals surface area contributed by atoms with Gasteiger partial charge in [-0.15, -0.1) is 0 Å². The minimum atomic E-state index is -1.000. The maximum absolute atomic E-state index is 12.1. The molecule has 0 bridgehead atoms. The van der Waals surface area contributed by atoms with Gasteiger partial charge in [0.25, 0.3) is 0 Å². The van der Waals surface area contributed by atoms with Crippen molar-refractivity contribution in [2.75, 3.05) is 7.11 Å². The second-order valence-corrected chi connectivity index (χ2v) is 9.06. The standard InChI is InChI=1S/C28H36N2O5/c1-6-8-10-20-16(3)23(27(31)32)29-25(20)22(18-12-14-19(35-5)15-13-18)26-21(11-9-7-2)17(4)24(30-26)28(33)34/h12-15,22,29-30H,6-11H2,1-5H3,(H,31,32)(H,33,34). The number of benzene rings is 1. The Morgan fingerprint density at radius 1 is 0.829 bits per heavy atom. The summed E-state index contributed by atoms with van der Waals surface area (Å²) in [7, 11) is 1.61. The van der Waals surface area contributed by atoms with Gasteiger partial charge in [0.2, 0.25) is 0 Å². The van der Waals surface area contributed by atoms with Crippen LogP contribution in [-0.2, 0) is 12.8 Å². The van der Waals surface area contributed by atoms with Crippen molar-refractivity contribution in [3.05, 3.63) is 74.9 Å². The number of nitrogens with one attached hydrogen (secondary N) is 2. The van der Waals surface area contributed by atoms with Gasteiger partial charge >= 0.3 is 11.9 Å². The fourth-order valence-corrected chi connectivity index (χ4v) is 4.86. The molecule has 1 aromatic carbocycles. The highest BCUT2D eigenvalue weighted by molar-refractivity contribution is 5.89. The lowest BCUT2D eigenvalue weighted by Gasteiger charge is -2.21. The number of carboxylic acid groups (broad SMARTS) is 2. The van der Waals surface area contributed by atoms with Crippen LogP contribution in [0.1, 0.15) is 106 Å². The monoisotopic (exact) mass is 480 g/mol. The molecule has 0 radical (unpaired) electrons. The lowest BCUT2D eigenvalue weighted by atomic mass is 9.85. The van der Waals surface area contributed by atoms with Crippen LogP contribution in [0, 0.1) is 13.8 Å². The smallest absolute Gasteiger partial charge is 0.352 e. The van der Waals surface area contributed by atoms with E-state index in [1.54, 1.807) is 7.11 Å². The lowest BCUT2D eigenvalue weighted by Crippen LogP contribution is -2.11. The molecule has 0 amide bonds. The minimum Gasteiger partial charge on any atom is -0.497 e. The van der Waals surface area contributed by atoms with Crippen molar-refractivity contribution < 1.29 is 24.5 Å². The summed E-state index contributed by atoms with van der Waals surface area (Å²) < 4.78 is 5.35. The zero-order chi connectivity index (χ0) is 25.7. The topological polar surface area (TPSA) is 115 Å². The molecule has 0 saturated carbocycles. The molecule has 0 aliphatic carbocycles. The molecule has 0 aliphatic rings. The Bertz CT molecular complexity index is 1120. The van der Waals surface area contributed by atoms with Gasteiger partial charge < -0.3 is 24.9 Å². The van der Waals surface area contributed by atoms with Crippen LogP contribution in [0.2, 0.25) is 0 Å². The third-order valence-electron chi connectivity index (χ3n) is 6.84. The fourth-order valence-electron chi connectivity index (χ4n) is 4.86. The Morgan fingerprint density at radius 2 is 1.26 bits per heavy atom. The van der Waals surface area contributed by atoms with Crippen molar-refractivity contribution >= 4 is 11.9 Å². The number of unbranched alkanes of at least 4 members (excludes halogenated alkanes) is 2. The Labute approximate surface area is 206 Å². The molecule has 3 rings (SSSR count). The maximum Gasteiger partial charge on any atom is 0.352 e. The first kappa shape index (κ1) is 26.1. The normalized spacial score (nSPS) is 11.3. The molecular formula is C28H36N2O5. The quantitative estimate of drug-likeness (QED) is 0.245. The number of aromatic amines is 2. The van der Waals surface area contributed by atoms with Crippen LogP contribution in [-0.4, -0.2) is 39.2 Å². The Morgan fingerprint density at radius 3 is 1.60 bits per heavy atom. The Kier molecular flexibility index (Phi) is 8.43. The van der Waals surface area contributed by atoms with E-state index in [-0.39, 0.29) is 17.3 Å². The van der Waals surface area contributed by atoms with Crippen molar-refractivity contribution in [1.82, 2.24) is 9.97 Å². The van der Waals surface area contributed by atoms with Crippen molar-refractivity contribution in [3.8, 4) is 5.75 Å². The fraction of sp³-hybridized carbons (Fsp3) is 0.429. The summed E-state index contributed by atoms with van der Waals surface area (Å²) in [5.74, 6) is -1.66. The Hall–Kier alpha value is -3.48. The van der Waals surface area contributed by atoms with Crippen LogP contribution in [0.15, 0.2) is 24.3 Å². The van der Waals surface area contributed by atoms with Gasteiger partial charge in [-0.2, -0.15) is 0 Å². The van der Waals surface area contributed by atoms with E-state index in [4.69, 9.17) is 4.74 Å². The highest BCUT2D eigenvalue weighted by Gasteiger charge is 2.31. The van der Waals surface area contributed by atoms with E-state index in [9.17, 15) is 19.8 Å². The number of carbonyl (C=O) groups is 2. The highest BCUT2D eigenvalue weighted by Crippen LogP contribution is 2.40. The molecule has 7 heteroatoms. The summed E-state index contributed by atoms with van der Waals surface area (Å²) >= 11 is 0. The van der Waals surface area contributed by atoms with Crippen molar-refractivity contribution in [1.29, 1.82) is 0 Å². The number of H-pyrrole nitrogens is 2. The van der Waals surface area contributed by atoms with E-state index in [0.717, 1.165) is 77.7 Å². The summed E-state index contributed by atoms with van der Waals surface area (Å²) in [6.07, 6.45) is 5.28. The van der Waals surface area contributed by atoms with Crippen molar-refractivity contribution in [2.24, 2.45) is 0 Å². The zero-order valence-corrected chi connectivity index (χ0v) is 21.2. The van der Waals surface area contributed by atoms with E-state index < -0.39 is 11.9 Å². The number of aromatic nitrogens is 2. The molecular weight excluding hydrogens is 444 g/mol. The molecule has 2 heterocycles. The van der Waals surface area contributed by atoms with Gasteiger partial charge in [-0.1, -0.05) is 38.8 Å². The summed E-state index contributed by atoms with van der Waals surface area (Å²) in [5.41, 5.74) is 6.32. The third kappa shape index (κ3) is 5.29. The summed E-state index contributed by atoms with van der Waals surface area (Å²) in [6, 6.07) is 7.68. The molecule has 0 atom stereocenters. The maximum atomic E-state index is 12.1. The largest absolute Gasteiger partial charge is 0.497 e. The van der Waals surface area contributed by atoms with Crippen LogP contribution < -0.4 is 4.74 Å². The van der Waals surface area contributed by atoms with Crippen LogP contribution in [0.4, 0.5) is 0 Å². The van der Waals surface area contributed by atoms with E-state index in [1.165, 1.54) is 0 Å². The molecule has 0 fully saturated rings. The first-order valence-corrected chi connectivity index (χ1v) is 12.3. The summed E-state index contributed by atoms with van der Waals surface area (Å²) in [5, 5.41) is 19.8. The SMILES string of the molecule is CCCCc1c(C(c2ccc(OC)cc2)c2[nH]c(C(=O)O)c(C)c2CCCC)[nH]c(C(=O)O)c1C. The van der Waals surface area contributed by atoms with Gasteiger partial charge in [-0.25, -0.2) is 9.59 Å². The first-order valence-electron chi connectivity index (χ1n) is 12.3. The van der Waals surface area contributed by atoms with E-state index in [0.29, 0.717) is 5.75 Å². The van der Waals surface area contributed by atoms with Crippen molar-refractivity contribution in [3.63, 3.8) is 0 Å². The van der Waals surface area contributed by atoms with Crippen LogP contribution >= 0.6 is 0 Å². The molecule has 7 nitrogen and oxygen atoms in total. The van der Waals surface area contributed by atoms with Gasteiger partial charge in [-0.05, 0) is 79.5 Å². The highest BCUT2D eigenvalue weighted by atomic mass is 16.5. The van der Waals surface area contributed by atoms with Gasteiger partial charge in [0, 0.05) is 11.4 Å². The van der Waals surface area contributed by atoms with Crippen LogP contribution in [0.25, 0.3) is 0 Å². The molecule has 2 aromatic heterocycles. The van der Waals surface area contributed by atoms with Crippen LogP contribution in [0.3, 0.4) is 0 Å². The van der Waals surface area contributed by atoms with Gasteiger partial charge in [0.15, 0.2) is 0 Å². The van der Waals surface area contributed by atoms with Gasteiger partial charge in [0.1, 0.15) is 17.1 Å². The second kappa shape index (κ2) is 11.3. The number of hydrogen-bond donors (Lipinski definition) is 4. The van der Waals surface area contributed by atoms with Crippen molar-refractivity contribution in [2.45, 2.75) is 72.1 Å². The molecule has 4 N–H and O–H groups in total. The second-order valence-electron chi connectivity index (χ2n) is 9.06. The number of aromatic carboxylic acids is 2. The first-order chi connectivity index (χ1) is 16.7. The number of rotatable bonds is 12. The molecule has 188 valence electrons. The predicted octanol–water partition coefficient (Wildman–Crippen LogP) is 6.23. The number of carboxylic acids is 2. The molecule has 3 aromatic rings. The molecule has 0 aliphatic heterocycles. The molecule has 0 saturated heterocycles. The average molecular weight is 481 g/mol. The minimum absolute atomic E-state index is 0.182. The predicted molar refractivity (Wildman–Crippen MR) is 136 cm³/mol. The summed E-state index contributed by atoms with van der Waals surface area (Å²) in [4.78, 5) is 30.6. The zero-order valence-electron chi connectivity index (χ0n) is 21.2. The number of methoxy groups -OCH3 is 1. The van der Waals surface area contributed by atoms with E-state index in [2.05, 4.69) is 23.8 Å². The van der Waals surface area contributed by atoms with E-state index in [1.807, 2.05) is 38.1 Å². The molecule has 0 unspecified atom stereocenters. The third-order valence-corrected chi connectivity index (χ3v) is 6.84. The molecule has 0 spiro atoms. The lowest BCUT2D eigenvalue weighted by molar-refractivity contribution is 0.0679. The summed E-state index contributed by atoms with van der Waals surface area (Å²) in [6.45, 7) is 7.91.